The molecule has 0 aliphatic carbocycles. The van der Waals surface area contributed by atoms with Gasteiger partial charge in [-0.05, 0) is 37.7 Å². The number of ketones is 1. The maximum Gasteiger partial charge on any atom is 0.290 e. The van der Waals surface area contributed by atoms with Gasteiger partial charge in [-0.25, -0.2) is 0 Å². The number of hydrogen-bond acceptors (Lipinski definition) is 5. The first-order chi connectivity index (χ1) is 15.4. The number of fused-ring (bicyclic) bond motifs is 1. The molecule has 3 aromatic rings. The number of hydrogen-bond donors (Lipinski definition) is 1. The normalized spacial score (nSPS) is 16.6. The molecule has 0 bridgehead atoms. The van der Waals surface area contributed by atoms with E-state index in [0.717, 1.165) is 29.6 Å². The molecule has 0 fully saturated rings. The maximum atomic E-state index is 13.5. The van der Waals surface area contributed by atoms with Gasteiger partial charge in [-0.2, -0.15) is 0 Å². The molecular weight excluding hydrogens is 404 g/mol. The number of aryl methyl sites for hydroxylation is 1. The zero-order chi connectivity index (χ0) is 22.8. The summed E-state index contributed by atoms with van der Waals surface area (Å²) in [6.45, 7) is 8.89. The molecule has 1 aliphatic rings. The highest BCUT2D eigenvalue weighted by molar-refractivity contribution is 6.16. The molecule has 1 aliphatic heterocycles. The van der Waals surface area contributed by atoms with Crippen molar-refractivity contribution in [2.75, 3.05) is 26.2 Å². The van der Waals surface area contributed by atoms with E-state index >= 15 is 0 Å². The lowest BCUT2D eigenvalue weighted by Gasteiger charge is -2.29. The molecule has 6 nitrogen and oxygen atoms in total. The van der Waals surface area contributed by atoms with Crippen molar-refractivity contribution < 1.29 is 19.1 Å². The fraction of sp³-hybridized carbons (Fsp3) is 0.308. The Balaban J connectivity index is 1.74. The van der Waals surface area contributed by atoms with Gasteiger partial charge in [0.15, 0.2) is 11.5 Å². The Morgan fingerprint density at radius 2 is 1.78 bits per heavy atom. The lowest BCUT2D eigenvalue weighted by molar-refractivity contribution is -0.129. The van der Waals surface area contributed by atoms with Crippen molar-refractivity contribution in [3.05, 3.63) is 82.8 Å². The summed E-state index contributed by atoms with van der Waals surface area (Å²) in [7, 11) is 0. The monoisotopic (exact) mass is 432 g/mol. The predicted molar refractivity (Wildman–Crippen MR) is 124 cm³/mol. The average Bonchev–Trinajstić information content (AvgIpc) is 3.34. The van der Waals surface area contributed by atoms with Gasteiger partial charge in [-0.15, -0.1) is 0 Å². The van der Waals surface area contributed by atoms with Crippen LogP contribution in [-0.2, 0) is 4.79 Å². The molecule has 1 N–H and O–H groups in total. The van der Waals surface area contributed by atoms with E-state index in [0.29, 0.717) is 18.7 Å². The van der Waals surface area contributed by atoms with Crippen molar-refractivity contribution in [3.63, 3.8) is 0 Å². The minimum atomic E-state index is -0.667. The van der Waals surface area contributed by atoms with Crippen molar-refractivity contribution in [1.29, 1.82) is 0 Å². The Bertz CT molecular complexity index is 1140. The highest BCUT2D eigenvalue weighted by Gasteiger charge is 2.44. The Kier molecular flexibility index (Phi) is 6.15. The number of carbonyl (C=O) groups is 2. The van der Waals surface area contributed by atoms with E-state index in [4.69, 9.17) is 4.42 Å². The summed E-state index contributed by atoms with van der Waals surface area (Å²) in [6.07, 6.45) is 0. The van der Waals surface area contributed by atoms with Crippen molar-refractivity contribution in [2.45, 2.75) is 26.8 Å². The fourth-order valence-electron chi connectivity index (χ4n) is 4.23. The van der Waals surface area contributed by atoms with Crippen LogP contribution in [-0.4, -0.2) is 52.8 Å². The van der Waals surface area contributed by atoms with Crippen molar-refractivity contribution >= 4 is 22.7 Å². The van der Waals surface area contributed by atoms with Crippen LogP contribution in [0.25, 0.3) is 11.0 Å². The first kappa shape index (κ1) is 21.8. The van der Waals surface area contributed by atoms with Crippen LogP contribution in [0.1, 0.15) is 41.6 Å². The van der Waals surface area contributed by atoms with Crippen LogP contribution in [0, 0.1) is 6.92 Å². The first-order valence-electron chi connectivity index (χ1n) is 11.0. The van der Waals surface area contributed by atoms with Crippen LogP contribution < -0.4 is 0 Å². The van der Waals surface area contributed by atoms with E-state index in [1.807, 2.05) is 49.4 Å². The molecule has 0 radical (unpaired) electrons. The second kappa shape index (κ2) is 9.01. The Hall–Kier alpha value is -3.38. The molecule has 0 saturated carbocycles. The summed E-state index contributed by atoms with van der Waals surface area (Å²) >= 11 is 0. The van der Waals surface area contributed by atoms with E-state index in [1.54, 1.807) is 17.0 Å². The van der Waals surface area contributed by atoms with E-state index < -0.39 is 23.5 Å². The fourth-order valence-corrected chi connectivity index (χ4v) is 4.23. The number of benzene rings is 2. The highest BCUT2D eigenvalue weighted by atomic mass is 16.3. The van der Waals surface area contributed by atoms with Gasteiger partial charge in [-0.1, -0.05) is 61.9 Å². The minimum absolute atomic E-state index is 0.0671. The van der Waals surface area contributed by atoms with E-state index in [1.165, 1.54) is 0 Å². The number of Topliss-reactive ketones (excluding diaryl/α,β-unsaturated/α-hetero) is 1. The molecule has 1 atom stereocenters. The van der Waals surface area contributed by atoms with Crippen LogP contribution in [0.2, 0.25) is 0 Å². The Morgan fingerprint density at radius 3 is 2.44 bits per heavy atom. The lowest BCUT2D eigenvalue weighted by Crippen LogP contribution is -2.38. The average molecular weight is 433 g/mol. The van der Waals surface area contributed by atoms with E-state index in [-0.39, 0.29) is 11.3 Å². The molecular formula is C26H28N2O4. The first-order valence-corrected chi connectivity index (χ1v) is 11.0. The summed E-state index contributed by atoms with van der Waals surface area (Å²) in [4.78, 5) is 30.4. The zero-order valence-corrected chi connectivity index (χ0v) is 18.7. The molecule has 0 saturated heterocycles. The smallest absolute Gasteiger partial charge is 0.290 e. The topological polar surface area (TPSA) is 74.0 Å². The van der Waals surface area contributed by atoms with Gasteiger partial charge < -0.3 is 19.3 Å². The number of amides is 1. The molecule has 1 aromatic heterocycles. The summed E-state index contributed by atoms with van der Waals surface area (Å²) < 4.78 is 5.76. The predicted octanol–water partition coefficient (Wildman–Crippen LogP) is 4.66. The van der Waals surface area contributed by atoms with Crippen LogP contribution >= 0.6 is 0 Å². The summed E-state index contributed by atoms with van der Waals surface area (Å²) in [5, 5.41) is 11.6. The molecule has 0 unspecified atom stereocenters. The quantitative estimate of drug-likeness (QED) is 0.524. The largest absolute Gasteiger partial charge is 0.503 e. The third kappa shape index (κ3) is 3.94. The van der Waals surface area contributed by atoms with Gasteiger partial charge >= 0.3 is 0 Å². The second-order valence-electron chi connectivity index (χ2n) is 8.08. The van der Waals surface area contributed by atoms with Gasteiger partial charge in [0, 0.05) is 18.5 Å². The number of nitrogens with zero attached hydrogens (tertiary/aromatic N) is 2. The molecule has 32 heavy (non-hydrogen) atoms. The highest BCUT2D eigenvalue weighted by Crippen LogP contribution is 2.39. The summed E-state index contributed by atoms with van der Waals surface area (Å²) in [6, 6.07) is 16.0. The minimum Gasteiger partial charge on any atom is -0.503 e. The molecule has 0 spiro atoms. The number of carbonyl (C=O) groups excluding carboxylic acids is 2. The third-order valence-electron chi connectivity index (χ3n) is 6.14. The molecule has 1 amide bonds. The van der Waals surface area contributed by atoms with Gasteiger partial charge in [0.05, 0.1) is 11.6 Å². The molecule has 166 valence electrons. The van der Waals surface area contributed by atoms with Crippen LogP contribution in [0.5, 0.6) is 0 Å². The lowest BCUT2D eigenvalue weighted by atomic mass is 9.94. The number of para-hydroxylation sites is 1. The van der Waals surface area contributed by atoms with Gasteiger partial charge in [-0.3, -0.25) is 9.59 Å². The van der Waals surface area contributed by atoms with Gasteiger partial charge in [0.25, 0.3) is 5.91 Å². The number of rotatable bonds is 8. The van der Waals surface area contributed by atoms with E-state index in [2.05, 4.69) is 18.7 Å². The molecule has 4 rings (SSSR count). The standard InChI is InChI=1S/C26H28N2O4/c1-4-27(5-2)14-15-28-23(18-12-10-17(3)11-13-18)22(25(30)26(28)31)24(29)21-16-19-8-6-7-9-20(19)32-21/h6-13,16,23,30H,4-5,14-15H2,1-3H3/t23-/m1/s1. The Morgan fingerprint density at radius 1 is 1.09 bits per heavy atom. The van der Waals surface area contributed by atoms with Crippen LogP contribution in [0.3, 0.4) is 0 Å². The number of furan rings is 1. The second-order valence-corrected chi connectivity index (χ2v) is 8.08. The number of aliphatic hydroxyl groups is 1. The van der Waals surface area contributed by atoms with Gasteiger partial charge in [0.2, 0.25) is 5.78 Å². The van der Waals surface area contributed by atoms with Crippen LogP contribution in [0.4, 0.5) is 0 Å². The van der Waals surface area contributed by atoms with E-state index in [9.17, 15) is 14.7 Å². The van der Waals surface area contributed by atoms with Crippen molar-refractivity contribution in [3.8, 4) is 0 Å². The molecule has 6 heteroatoms. The number of likely N-dealkylation sites (N-methyl/N-ethyl adjacent to an activating group) is 1. The SMILES string of the molecule is CCN(CC)CCN1C(=O)C(O)=C(C(=O)c2cc3ccccc3o2)[C@H]1c1ccc(C)cc1. The van der Waals surface area contributed by atoms with Crippen molar-refractivity contribution in [1.82, 2.24) is 9.80 Å². The van der Waals surface area contributed by atoms with Crippen molar-refractivity contribution in [2.24, 2.45) is 0 Å². The summed E-state index contributed by atoms with van der Waals surface area (Å²) in [5.74, 6) is -1.38. The van der Waals surface area contributed by atoms with Gasteiger partial charge in [0.1, 0.15) is 5.58 Å². The van der Waals surface area contributed by atoms with Crippen LogP contribution in [0.15, 0.2) is 70.3 Å². The zero-order valence-electron chi connectivity index (χ0n) is 18.7. The molecule has 2 heterocycles. The Labute approximate surface area is 187 Å². The third-order valence-corrected chi connectivity index (χ3v) is 6.14. The molecule has 2 aromatic carbocycles. The summed E-state index contributed by atoms with van der Waals surface area (Å²) in [5.41, 5.74) is 2.51. The number of aliphatic hydroxyl groups excluding tert-OH is 1. The maximum absolute atomic E-state index is 13.5.